The fourth-order valence-electron chi connectivity index (χ4n) is 1.59. The van der Waals surface area contributed by atoms with Gasteiger partial charge in [0.25, 0.3) is 0 Å². The Balaban J connectivity index is 2.36. The Morgan fingerprint density at radius 1 is 1.00 bits per heavy atom. The van der Waals surface area contributed by atoms with E-state index in [1.807, 2.05) is 0 Å². The van der Waals surface area contributed by atoms with Crippen LogP contribution in [0.5, 0.6) is 0 Å². The molecule has 50 valence electrons. The Kier molecular flexibility index (Phi) is 0.821. The van der Waals surface area contributed by atoms with Crippen LogP contribution in [0.3, 0.4) is 0 Å². The molecule has 0 aromatic heterocycles. The molecule has 9 heavy (non-hydrogen) atoms. The normalized spacial score (nSPS) is 24.7. The van der Waals surface area contributed by atoms with Crippen molar-refractivity contribution in [2.24, 2.45) is 0 Å². The molecular weight excluding hydrogens is 112 g/mol. The van der Waals surface area contributed by atoms with Gasteiger partial charge in [0, 0.05) is 24.5 Å². The summed E-state index contributed by atoms with van der Waals surface area (Å²) in [6.45, 7) is 8.03. The fourth-order valence-corrected chi connectivity index (χ4v) is 1.59. The SMILES string of the molecule is CC1=C(C)N2CCN1C2. The molecule has 2 bridgehead atoms. The molecule has 2 nitrogen and oxygen atoms in total. The summed E-state index contributed by atoms with van der Waals surface area (Å²) in [5, 5.41) is 0. The molecule has 2 heterocycles. The van der Waals surface area contributed by atoms with E-state index in [4.69, 9.17) is 0 Å². The van der Waals surface area contributed by atoms with Gasteiger partial charge in [0.1, 0.15) is 0 Å². The van der Waals surface area contributed by atoms with Crippen LogP contribution in [-0.4, -0.2) is 29.6 Å². The van der Waals surface area contributed by atoms with E-state index >= 15 is 0 Å². The lowest BCUT2D eigenvalue weighted by atomic mass is 10.3. The molecule has 0 saturated carbocycles. The van der Waals surface area contributed by atoms with E-state index in [9.17, 15) is 0 Å². The molecule has 0 unspecified atom stereocenters. The average Bonchev–Trinajstić information content (AvgIpc) is 2.37. The van der Waals surface area contributed by atoms with Gasteiger partial charge in [-0.25, -0.2) is 0 Å². The van der Waals surface area contributed by atoms with Gasteiger partial charge in [0.05, 0.1) is 6.67 Å². The highest BCUT2D eigenvalue weighted by Crippen LogP contribution is 2.26. The number of fused-ring (bicyclic) bond motifs is 2. The van der Waals surface area contributed by atoms with Gasteiger partial charge in [-0.3, -0.25) is 0 Å². The first-order chi connectivity index (χ1) is 4.29. The van der Waals surface area contributed by atoms with Crippen molar-refractivity contribution in [1.29, 1.82) is 0 Å². The highest BCUT2D eigenvalue weighted by molar-refractivity contribution is 5.16. The minimum absolute atomic E-state index is 1.15. The Bertz CT molecular complexity index is 154. The van der Waals surface area contributed by atoms with E-state index in [1.165, 1.54) is 24.5 Å². The molecule has 0 spiro atoms. The standard InChI is InChI=1S/C7H12N2/c1-6-7(2)9-4-3-8(6)5-9/h3-5H2,1-2H3. The van der Waals surface area contributed by atoms with Gasteiger partial charge in [-0.1, -0.05) is 0 Å². The molecule has 2 aliphatic rings. The Hall–Kier alpha value is -0.660. The monoisotopic (exact) mass is 124 g/mol. The third-order valence-corrected chi connectivity index (χ3v) is 2.45. The average molecular weight is 124 g/mol. The van der Waals surface area contributed by atoms with E-state index in [0.29, 0.717) is 0 Å². The molecule has 0 aromatic rings. The van der Waals surface area contributed by atoms with E-state index in [-0.39, 0.29) is 0 Å². The van der Waals surface area contributed by atoms with Crippen molar-refractivity contribution in [3.63, 3.8) is 0 Å². The molecule has 0 atom stereocenters. The van der Waals surface area contributed by atoms with Gasteiger partial charge < -0.3 is 9.80 Å². The minimum Gasteiger partial charge on any atom is -0.354 e. The summed E-state index contributed by atoms with van der Waals surface area (Å²) >= 11 is 0. The lowest BCUT2D eigenvalue weighted by molar-refractivity contribution is 0.396. The topological polar surface area (TPSA) is 6.48 Å². The Morgan fingerprint density at radius 2 is 1.44 bits per heavy atom. The minimum atomic E-state index is 1.15. The molecule has 1 saturated heterocycles. The Labute approximate surface area is 55.7 Å². The zero-order valence-corrected chi connectivity index (χ0v) is 6.02. The van der Waals surface area contributed by atoms with Crippen molar-refractivity contribution in [3.05, 3.63) is 11.4 Å². The molecule has 0 aliphatic carbocycles. The van der Waals surface area contributed by atoms with Gasteiger partial charge in [-0.2, -0.15) is 0 Å². The third-order valence-electron chi connectivity index (χ3n) is 2.45. The van der Waals surface area contributed by atoms with Crippen molar-refractivity contribution in [2.45, 2.75) is 13.8 Å². The molecule has 0 N–H and O–H groups in total. The highest BCUT2D eigenvalue weighted by atomic mass is 15.4. The van der Waals surface area contributed by atoms with E-state index in [1.54, 1.807) is 0 Å². The zero-order valence-electron chi connectivity index (χ0n) is 6.02. The van der Waals surface area contributed by atoms with Crippen molar-refractivity contribution in [2.75, 3.05) is 19.8 Å². The van der Waals surface area contributed by atoms with Crippen molar-refractivity contribution >= 4 is 0 Å². The molecular formula is C7H12N2. The van der Waals surface area contributed by atoms with Gasteiger partial charge in [-0.05, 0) is 13.8 Å². The van der Waals surface area contributed by atoms with Crippen LogP contribution in [0.1, 0.15) is 13.8 Å². The molecule has 0 radical (unpaired) electrons. The summed E-state index contributed by atoms with van der Waals surface area (Å²) in [6, 6.07) is 0. The second kappa shape index (κ2) is 1.43. The third kappa shape index (κ3) is 0.506. The van der Waals surface area contributed by atoms with Crippen LogP contribution in [0.4, 0.5) is 0 Å². The first-order valence-corrected chi connectivity index (χ1v) is 3.46. The van der Waals surface area contributed by atoms with Gasteiger partial charge in [0.15, 0.2) is 0 Å². The van der Waals surface area contributed by atoms with E-state index < -0.39 is 0 Å². The first kappa shape index (κ1) is 5.15. The lowest BCUT2D eigenvalue weighted by Gasteiger charge is -2.16. The van der Waals surface area contributed by atoms with Crippen LogP contribution in [0, 0.1) is 0 Å². The van der Waals surface area contributed by atoms with Crippen LogP contribution in [-0.2, 0) is 0 Å². The zero-order chi connectivity index (χ0) is 6.43. The van der Waals surface area contributed by atoms with Crippen molar-refractivity contribution in [3.8, 4) is 0 Å². The number of rotatable bonds is 0. The fraction of sp³-hybridized carbons (Fsp3) is 0.714. The number of hydrogen-bond acceptors (Lipinski definition) is 2. The maximum atomic E-state index is 2.43. The number of hydrogen-bond donors (Lipinski definition) is 0. The van der Waals surface area contributed by atoms with Crippen LogP contribution >= 0.6 is 0 Å². The number of allylic oxidation sites excluding steroid dienone is 2. The molecule has 2 aliphatic heterocycles. The summed E-state index contributed by atoms with van der Waals surface area (Å²) in [6.07, 6.45) is 0. The van der Waals surface area contributed by atoms with Crippen LogP contribution in [0.15, 0.2) is 11.4 Å². The van der Waals surface area contributed by atoms with Crippen LogP contribution < -0.4 is 0 Å². The largest absolute Gasteiger partial charge is 0.354 e. The predicted octanol–water partition coefficient (Wildman–Crippen LogP) is 0.827. The molecule has 0 amide bonds. The van der Waals surface area contributed by atoms with E-state index in [0.717, 1.165) is 6.67 Å². The Morgan fingerprint density at radius 3 is 1.67 bits per heavy atom. The van der Waals surface area contributed by atoms with Crippen molar-refractivity contribution < 1.29 is 0 Å². The maximum Gasteiger partial charge on any atom is 0.0899 e. The highest BCUT2D eigenvalue weighted by Gasteiger charge is 2.28. The van der Waals surface area contributed by atoms with Gasteiger partial charge in [0.2, 0.25) is 0 Å². The maximum absolute atomic E-state index is 2.43. The summed E-state index contributed by atoms with van der Waals surface area (Å²) < 4.78 is 0. The molecule has 2 rings (SSSR count). The molecule has 2 heteroatoms. The van der Waals surface area contributed by atoms with Crippen molar-refractivity contribution in [1.82, 2.24) is 9.80 Å². The smallest absolute Gasteiger partial charge is 0.0899 e. The van der Waals surface area contributed by atoms with Crippen LogP contribution in [0.2, 0.25) is 0 Å². The molecule has 1 fully saturated rings. The lowest BCUT2D eigenvalue weighted by Crippen LogP contribution is -2.18. The summed E-state index contributed by atoms with van der Waals surface area (Å²) in [5.41, 5.74) is 2.95. The first-order valence-electron chi connectivity index (χ1n) is 3.46. The van der Waals surface area contributed by atoms with Crippen LogP contribution in [0.25, 0.3) is 0 Å². The summed E-state index contributed by atoms with van der Waals surface area (Å²) in [5.74, 6) is 0. The predicted molar refractivity (Wildman–Crippen MR) is 36.7 cm³/mol. The van der Waals surface area contributed by atoms with Gasteiger partial charge in [-0.15, -0.1) is 0 Å². The summed E-state index contributed by atoms with van der Waals surface area (Å²) in [4.78, 5) is 4.85. The van der Waals surface area contributed by atoms with Gasteiger partial charge >= 0.3 is 0 Å². The molecule has 0 aromatic carbocycles. The van der Waals surface area contributed by atoms with E-state index in [2.05, 4.69) is 23.6 Å². The number of nitrogens with zero attached hydrogens (tertiary/aromatic N) is 2. The second-order valence-electron chi connectivity index (χ2n) is 2.84. The summed E-state index contributed by atoms with van der Waals surface area (Å²) in [7, 11) is 0. The second-order valence-corrected chi connectivity index (χ2v) is 2.84. The quantitative estimate of drug-likeness (QED) is 0.472.